The number of rotatable bonds is 8. The highest BCUT2D eigenvalue weighted by Crippen LogP contribution is 2.25. The smallest absolute Gasteiger partial charge is 0.193 e. The molecule has 6 nitrogen and oxygen atoms in total. The molecule has 0 fully saturated rings. The van der Waals surface area contributed by atoms with Gasteiger partial charge < -0.3 is 24.6 Å². The van der Waals surface area contributed by atoms with E-state index in [0.29, 0.717) is 6.54 Å². The lowest BCUT2D eigenvalue weighted by atomic mass is 10.1. The van der Waals surface area contributed by atoms with E-state index >= 15 is 0 Å². The molecule has 0 saturated heterocycles. The molecule has 0 heterocycles. The van der Waals surface area contributed by atoms with Gasteiger partial charge in [-0.2, -0.15) is 0 Å². The number of aliphatic imine (C=N–C) groups is 1. The molecule has 2 aromatic rings. The maximum Gasteiger partial charge on any atom is 0.193 e. The maximum absolute atomic E-state index is 5.51. The van der Waals surface area contributed by atoms with Crippen LogP contribution in [0, 0.1) is 0 Å². The van der Waals surface area contributed by atoms with Crippen LogP contribution in [0.25, 0.3) is 0 Å². The zero-order valence-electron chi connectivity index (χ0n) is 18.2. The van der Waals surface area contributed by atoms with Crippen LogP contribution in [-0.4, -0.2) is 58.2 Å². The zero-order valence-corrected chi connectivity index (χ0v) is 20.6. The predicted molar refractivity (Wildman–Crippen MR) is 130 cm³/mol. The summed E-state index contributed by atoms with van der Waals surface area (Å²) in [5.74, 6) is 2.42. The first-order valence-electron chi connectivity index (χ1n) is 9.32. The third-order valence-electron chi connectivity index (χ3n) is 4.52. The summed E-state index contributed by atoms with van der Waals surface area (Å²) in [6.07, 6.45) is 0. The summed E-state index contributed by atoms with van der Waals surface area (Å²) in [4.78, 5) is 8.69. The number of methoxy groups -OCH3 is 2. The highest BCUT2D eigenvalue weighted by molar-refractivity contribution is 14.0. The number of nitrogens with zero attached hydrogens (tertiary/aromatic N) is 3. The first-order chi connectivity index (χ1) is 13.5. The van der Waals surface area contributed by atoms with Crippen LogP contribution in [0.5, 0.6) is 11.5 Å². The van der Waals surface area contributed by atoms with Crippen molar-refractivity contribution in [2.75, 3.05) is 42.4 Å². The second-order valence-electron chi connectivity index (χ2n) is 6.94. The van der Waals surface area contributed by atoms with Crippen LogP contribution >= 0.6 is 24.0 Å². The summed E-state index contributed by atoms with van der Waals surface area (Å²) in [7, 11) is 11.3. The lowest BCUT2D eigenvalue weighted by molar-refractivity contribution is 0.382. The molecule has 0 atom stereocenters. The van der Waals surface area contributed by atoms with Crippen LogP contribution in [-0.2, 0) is 19.6 Å². The molecular weight excluding hydrogens is 479 g/mol. The number of hydrogen-bond donors (Lipinski definition) is 1. The van der Waals surface area contributed by atoms with Crippen molar-refractivity contribution in [3.63, 3.8) is 0 Å². The van der Waals surface area contributed by atoms with Gasteiger partial charge in [-0.3, -0.25) is 4.99 Å². The lowest BCUT2D eigenvalue weighted by Gasteiger charge is -2.24. The Bertz CT molecular complexity index is 796. The van der Waals surface area contributed by atoms with Crippen molar-refractivity contribution < 1.29 is 9.47 Å². The Morgan fingerprint density at radius 2 is 1.62 bits per heavy atom. The van der Waals surface area contributed by atoms with E-state index in [-0.39, 0.29) is 24.0 Å². The molecule has 0 bridgehead atoms. The summed E-state index contributed by atoms with van der Waals surface area (Å²) in [6, 6.07) is 14.4. The van der Waals surface area contributed by atoms with E-state index in [2.05, 4.69) is 58.5 Å². The number of halogens is 1. The molecule has 160 valence electrons. The molecule has 29 heavy (non-hydrogen) atoms. The number of guanidine groups is 1. The molecule has 7 heteroatoms. The quantitative estimate of drug-likeness (QED) is 0.333. The summed E-state index contributed by atoms with van der Waals surface area (Å²) in [5.41, 5.74) is 3.66. The van der Waals surface area contributed by atoms with Crippen LogP contribution in [0.3, 0.4) is 0 Å². The van der Waals surface area contributed by atoms with Gasteiger partial charge in [-0.15, -0.1) is 24.0 Å². The van der Waals surface area contributed by atoms with Gasteiger partial charge in [0, 0.05) is 45.4 Å². The van der Waals surface area contributed by atoms with E-state index in [0.717, 1.165) is 36.1 Å². The molecule has 0 aliphatic rings. The number of benzene rings is 2. The van der Waals surface area contributed by atoms with E-state index in [1.165, 1.54) is 11.1 Å². The Labute approximate surface area is 191 Å². The minimum atomic E-state index is 0. The third-order valence-corrected chi connectivity index (χ3v) is 4.52. The Balaban J connectivity index is 0.00000420. The fourth-order valence-corrected chi connectivity index (χ4v) is 3.10. The average molecular weight is 512 g/mol. The Hall–Kier alpha value is -2.00. The summed E-state index contributed by atoms with van der Waals surface area (Å²) in [6.45, 7) is 2.31. The van der Waals surface area contributed by atoms with Gasteiger partial charge in [0.2, 0.25) is 0 Å². The minimum absolute atomic E-state index is 0. The van der Waals surface area contributed by atoms with Crippen LogP contribution in [0.4, 0.5) is 0 Å². The first kappa shape index (κ1) is 25.0. The zero-order chi connectivity index (χ0) is 20.5. The summed E-state index contributed by atoms with van der Waals surface area (Å²) in [5, 5.41) is 3.47. The monoisotopic (exact) mass is 512 g/mol. The second-order valence-corrected chi connectivity index (χ2v) is 6.94. The Morgan fingerprint density at radius 3 is 2.21 bits per heavy atom. The first-order valence-corrected chi connectivity index (χ1v) is 9.32. The molecular formula is C22H33IN4O2. The molecule has 0 spiro atoms. The van der Waals surface area contributed by atoms with Gasteiger partial charge in [0.05, 0.1) is 14.2 Å². The molecule has 2 rings (SSSR count). The van der Waals surface area contributed by atoms with Crippen molar-refractivity contribution in [3.05, 3.63) is 59.2 Å². The fourth-order valence-electron chi connectivity index (χ4n) is 3.10. The molecule has 0 aromatic heterocycles. The van der Waals surface area contributed by atoms with Gasteiger partial charge in [-0.05, 0) is 37.4 Å². The van der Waals surface area contributed by atoms with E-state index in [4.69, 9.17) is 9.47 Å². The van der Waals surface area contributed by atoms with Crippen LogP contribution in [0.1, 0.15) is 16.7 Å². The SMILES string of the molecule is CN=C(NCc1ccccc1CN(C)C)N(C)Cc1ccc(OC)cc1OC.I. The fraction of sp³-hybridized carbons (Fsp3) is 0.409. The Kier molecular flexibility index (Phi) is 10.8. The van der Waals surface area contributed by atoms with Crippen molar-refractivity contribution in [1.29, 1.82) is 0 Å². The van der Waals surface area contributed by atoms with Crippen molar-refractivity contribution >= 4 is 29.9 Å². The van der Waals surface area contributed by atoms with Crippen LogP contribution in [0.2, 0.25) is 0 Å². The second kappa shape index (κ2) is 12.5. The number of ether oxygens (including phenoxy) is 2. The van der Waals surface area contributed by atoms with E-state index in [9.17, 15) is 0 Å². The molecule has 0 saturated carbocycles. The third kappa shape index (κ3) is 7.40. The molecule has 0 unspecified atom stereocenters. The van der Waals surface area contributed by atoms with E-state index < -0.39 is 0 Å². The highest BCUT2D eigenvalue weighted by Gasteiger charge is 2.12. The van der Waals surface area contributed by atoms with Crippen molar-refractivity contribution in [3.8, 4) is 11.5 Å². The van der Waals surface area contributed by atoms with Gasteiger partial charge in [-0.1, -0.05) is 24.3 Å². The minimum Gasteiger partial charge on any atom is -0.497 e. The summed E-state index contributed by atoms with van der Waals surface area (Å²) >= 11 is 0. The lowest BCUT2D eigenvalue weighted by Crippen LogP contribution is -2.38. The van der Waals surface area contributed by atoms with Crippen LogP contribution in [0.15, 0.2) is 47.5 Å². The van der Waals surface area contributed by atoms with E-state index in [1.54, 1.807) is 21.3 Å². The molecule has 0 radical (unpaired) electrons. The van der Waals surface area contributed by atoms with E-state index in [1.807, 2.05) is 25.2 Å². The topological polar surface area (TPSA) is 49.3 Å². The van der Waals surface area contributed by atoms with Crippen LogP contribution < -0.4 is 14.8 Å². The predicted octanol–water partition coefficient (Wildman–Crippen LogP) is 3.59. The molecule has 0 aliphatic carbocycles. The maximum atomic E-state index is 5.51. The average Bonchev–Trinajstić information content (AvgIpc) is 2.69. The molecule has 0 aliphatic heterocycles. The normalized spacial score (nSPS) is 11.1. The standard InChI is InChI=1S/C22H32N4O2.HI/c1-23-22(24-14-17-9-7-8-10-18(17)15-25(2)3)26(4)16-19-11-12-20(27-5)13-21(19)28-6;/h7-13H,14-16H2,1-6H3,(H,23,24);1H. The molecule has 2 aromatic carbocycles. The number of hydrogen-bond acceptors (Lipinski definition) is 4. The Morgan fingerprint density at radius 1 is 0.931 bits per heavy atom. The largest absolute Gasteiger partial charge is 0.497 e. The van der Waals surface area contributed by atoms with Gasteiger partial charge in [0.25, 0.3) is 0 Å². The molecule has 1 N–H and O–H groups in total. The van der Waals surface area contributed by atoms with Gasteiger partial charge in [0.15, 0.2) is 5.96 Å². The van der Waals surface area contributed by atoms with Gasteiger partial charge in [0.1, 0.15) is 11.5 Å². The van der Waals surface area contributed by atoms with Crippen molar-refractivity contribution in [2.24, 2.45) is 4.99 Å². The van der Waals surface area contributed by atoms with Crippen molar-refractivity contribution in [1.82, 2.24) is 15.1 Å². The van der Waals surface area contributed by atoms with Gasteiger partial charge >= 0.3 is 0 Å². The van der Waals surface area contributed by atoms with Gasteiger partial charge in [-0.25, -0.2) is 0 Å². The van der Waals surface area contributed by atoms with Crippen molar-refractivity contribution in [2.45, 2.75) is 19.6 Å². The highest BCUT2D eigenvalue weighted by atomic mass is 127. The number of nitrogens with one attached hydrogen (secondary N) is 1. The molecule has 0 amide bonds. The summed E-state index contributed by atoms with van der Waals surface area (Å²) < 4.78 is 10.8.